The molecule has 0 radical (unpaired) electrons. The summed E-state index contributed by atoms with van der Waals surface area (Å²) in [5, 5.41) is 7.42. The number of ether oxygens (including phenoxy) is 2. The van der Waals surface area contributed by atoms with Gasteiger partial charge in [0.15, 0.2) is 0 Å². The molecule has 294 valence electrons. The van der Waals surface area contributed by atoms with Gasteiger partial charge in [0.05, 0.1) is 57.3 Å². The van der Waals surface area contributed by atoms with Crippen LogP contribution in [-0.4, -0.2) is 101 Å². The Morgan fingerprint density at radius 3 is 2.12 bits per heavy atom. The summed E-state index contributed by atoms with van der Waals surface area (Å²) in [4.78, 5) is 71.4. The van der Waals surface area contributed by atoms with Crippen LogP contribution in [0.4, 0.5) is 9.59 Å². The van der Waals surface area contributed by atoms with Gasteiger partial charge in [0.25, 0.3) is 0 Å². The van der Waals surface area contributed by atoms with Crippen LogP contribution in [0.25, 0.3) is 44.2 Å². The number of likely N-dealkylation sites (tertiary alicyclic amines) is 1. The minimum atomic E-state index is -1.73. The second-order valence-electron chi connectivity index (χ2n) is 15.5. The number of fused-ring (bicyclic) bond motifs is 3. The molecule has 5 aromatic rings. The van der Waals surface area contributed by atoms with Gasteiger partial charge in [-0.3, -0.25) is 9.59 Å². The molecule has 4 N–H and O–H groups in total. The van der Waals surface area contributed by atoms with E-state index >= 15 is 0 Å². The summed E-state index contributed by atoms with van der Waals surface area (Å²) in [5.74, 6) is 1.24. The standard InChI is InChI=1S/C41H50N8O6Si/c1-7-29(45-40(52)54-3)38(50)48-19-9-10-33(48)37-43-31-18-16-27-20-26(15-17-28(27)35(31)47-37)24-11-13-25(14-12-24)32-21-42-36(44-32)34-22-56(5,6)23-49(34)39(51)30(8-2)46-41(53)55-4/h11-18,20-21,29-30,33-34H,7-10,19,22-23H2,1-6H3,(H,42,44)(H,43,47)(H,45,52)(H,46,53)/t29-,30-,33-,34-/m0/s1. The second kappa shape index (κ2) is 15.8. The molecule has 0 bridgehead atoms. The van der Waals surface area contributed by atoms with Crippen LogP contribution in [0.1, 0.15) is 63.3 Å². The monoisotopic (exact) mass is 778 g/mol. The smallest absolute Gasteiger partial charge is 0.407 e. The zero-order valence-corrected chi connectivity index (χ0v) is 33.8. The number of hydrogen-bond acceptors (Lipinski definition) is 8. The highest BCUT2D eigenvalue weighted by atomic mass is 28.3. The Bertz CT molecular complexity index is 2270. The number of nitrogens with one attached hydrogen (secondary N) is 4. The molecule has 0 spiro atoms. The van der Waals surface area contributed by atoms with Gasteiger partial charge in [-0.1, -0.05) is 69.4 Å². The van der Waals surface area contributed by atoms with Crippen LogP contribution in [0.5, 0.6) is 0 Å². The topological polar surface area (TPSA) is 175 Å². The highest BCUT2D eigenvalue weighted by molar-refractivity contribution is 6.78. The molecule has 2 fully saturated rings. The lowest BCUT2D eigenvalue weighted by atomic mass is 9.99. The van der Waals surface area contributed by atoms with E-state index in [4.69, 9.17) is 19.4 Å². The molecule has 0 aliphatic carbocycles. The van der Waals surface area contributed by atoms with Gasteiger partial charge in [-0.2, -0.15) is 0 Å². The summed E-state index contributed by atoms with van der Waals surface area (Å²) in [6.07, 6.45) is 3.83. The minimum Gasteiger partial charge on any atom is -0.453 e. The van der Waals surface area contributed by atoms with Crippen LogP contribution in [0.3, 0.4) is 0 Å². The van der Waals surface area contributed by atoms with Crippen LogP contribution < -0.4 is 10.6 Å². The van der Waals surface area contributed by atoms with Gasteiger partial charge in [0, 0.05) is 18.1 Å². The zero-order chi connectivity index (χ0) is 39.7. The average molecular weight is 779 g/mol. The molecule has 2 saturated heterocycles. The van der Waals surface area contributed by atoms with Gasteiger partial charge in [0.2, 0.25) is 11.8 Å². The van der Waals surface area contributed by atoms with Crippen molar-refractivity contribution in [1.29, 1.82) is 0 Å². The maximum absolute atomic E-state index is 13.7. The van der Waals surface area contributed by atoms with Crippen molar-refractivity contribution in [2.45, 2.75) is 82.8 Å². The second-order valence-corrected chi connectivity index (χ2v) is 20.6. The summed E-state index contributed by atoms with van der Waals surface area (Å²) in [5.41, 5.74) is 5.74. The third kappa shape index (κ3) is 7.59. The van der Waals surface area contributed by atoms with Crippen LogP contribution in [-0.2, 0) is 19.1 Å². The van der Waals surface area contributed by atoms with Gasteiger partial charge in [-0.15, -0.1) is 0 Å². The summed E-state index contributed by atoms with van der Waals surface area (Å²) in [6.45, 7) is 8.89. The van der Waals surface area contributed by atoms with E-state index in [1.54, 1.807) is 0 Å². The number of aromatic amines is 2. The van der Waals surface area contributed by atoms with E-state index in [1.807, 2.05) is 35.9 Å². The third-order valence-electron chi connectivity index (χ3n) is 11.1. The van der Waals surface area contributed by atoms with Crippen molar-refractivity contribution in [2.75, 3.05) is 26.9 Å². The quantitative estimate of drug-likeness (QED) is 0.112. The number of carbonyl (C=O) groups excluding carboxylic acids is 4. The van der Waals surface area contributed by atoms with Crippen molar-refractivity contribution < 1.29 is 28.7 Å². The number of methoxy groups -OCH3 is 2. The molecule has 4 amide bonds. The van der Waals surface area contributed by atoms with E-state index in [0.29, 0.717) is 25.6 Å². The normalized spacial score (nSPS) is 18.9. The maximum Gasteiger partial charge on any atom is 0.407 e. The number of alkyl carbamates (subject to hydrolysis) is 2. The number of aromatic nitrogens is 4. The van der Waals surface area contributed by atoms with E-state index in [-0.39, 0.29) is 23.9 Å². The van der Waals surface area contributed by atoms with Gasteiger partial charge in [0.1, 0.15) is 23.7 Å². The molecule has 0 saturated carbocycles. The first-order valence-corrected chi connectivity index (χ1v) is 22.7. The highest BCUT2D eigenvalue weighted by Gasteiger charge is 2.45. The van der Waals surface area contributed by atoms with E-state index in [1.165, 1.54) is 14.2 Å². The van der Waals surface area contributed by atoms with Gasteiger partial charge in [-0.25, -0.2) is 19.6 Å². The van der Waals surface area contributed by atoms with Crippen LogP contribution >= 0.6 is 0 Å². The van der Waals surface area contributed by atoms with Crippen LogP contribution in [0.2, 0.25) is 19.1 Å². The Kier molecular flexibility index (Phi) is 10.9. The Labute approximate surface area is 326 Å². The van der Waals surface area contributed by atoms with Gasteiger partial charge in [-0.05, 0) is 65.9 Å². The molecule has 14 nitrogen and oxygen atoms in total. The lowest BCUT2D eigenvalue weighted by Crippen LogP contribution is -2.49. The fourth-order valence-electron chi connectivity index (χ4n) is 8.19. The first kappa shape index (κ1) is 38.6. The Morgan fingerprint density at radius 2 is 1.46 bits per heavy atom. The van der Waals surface area contributed by atoms with Gasteiger partial charge >= 0.3 is 12.2 Å². The molecule has 3 aromatic carbocycles. The Morgan fingerprint density at radius 1 is 0.821 bits per heavy atom. The van der Waals surface area contributed by atoms with E-state index in [0.717, 1.165) is 74.7 Å². The molecule has 0 unspecified atom stereocenters. The Hall–Kier alpha value is -5.70. The van der Waals surface area contributed by atoms with Crippen molar-refractivity contribution in [3.63, 3.8) is 0 Å². The molecule has 2 aromatic heterocycles. The van der Waals surface area contributed by atoms with Crippen LogP contribution in [0, 0.1) is 0 Å². The van der Waals surface area contributed by atoms with E-state index in [2.05, 4.69) is 82.2 Å². The van der Waals surface area contributed by atoms with Crippen molar-refractivity contribution in [1.82, 2.24) is 40.4 Å². The lowest BCUT2D eigenvalue weighted by molar-refractivity contribution is -0.135. The number of imidazole rings is 2. The third-order valence-corrected chi connectivity index (χ3v) is 13.8. The predicted octanol–water partition coefficient (Wildman–Crippen LogP) is 6.84. The Balaban J connectivity index is 1.08. The molecule has 56 heavy (non-hydrogen) atoms. The van der Waals surface area contributed by atoms with E-state index in [9.17, 15) is 19.2 Å². The number of rotatable bonds is 10. The van der Waals surface area contributed by atoms with Gasteiger partial charge < -0.3 is 39.9 Å². The largest absolute Gasteiger partial charge is 0.453 e. The summed E-state index contributed by atoms with van der Waals surface area (Å²) in [7, 11) is 0.859. The molecule has 7 rings (SSSR count). The van der Waals surface area contributed by atoms with E-state index < -0.39 is 32.3 Å². The predicted molar refractivity (Wildman–Crippen MR) is 216 cm³/mol. The lowest BCUT2D eigenvalue weighted by Gasteiger charge is -2.28. The number of H-pyrrole nitrogens is 2. The number of hydrogen-bond donors (Lipinski definition) is 4. The molecular formula is C41H50N8O6Si. The number of nitrogens with zero attached hydrogens (tertiary/aromatic N) is 4. The number of amides is 4. The SMILES string of the molecule is CC[C@H](NC(=O)OC)C(=O)N1C[Si](C)(C)C[C@H]1c1ncc(-c2ccc(-c3ccc4c(ccc5[nH]c([C@@H]6CCCN6C(=O)[C@H](CC)NC(=O)OC)nc54)c3)cc2)[nH]1. The highest BCUT2D eigenvalue weighted by Crippen LogP contribution is 2.39. The fraction of sp³-hybridized carbons (Fsp3) is 0.415. The summed E-state index contributed by atoms with van der Waals surface area (Å²) in [6, 6.07) is 18.0. The summed E-state index contributed by atoms with van der Waals surface area (Å²) >= 11 is 0. The fourth-order valence-corrected chi connectivity index (χ4v) is 11.1. The summed E-state index contributed by atoms with van der Waals surface area (Å²) < 4.78 is 9.49. The molecule has 15 heteroatoms. The molecule has 2 aliphatic heterocycles. The van der Waals surface area contributed by atoms with Crippen molar-refractivity contribution in [3.8, 4) is 22.4 Å². The molecule has 2 aliphatic rings. The average Bonchev–Trinajstić information content (AvgIpc) is 4.03. The number of benzene rings is 3. The van der Waals surface area contributed by atoms with Crippen molar-refractivity contribution in [3.05, 3.63) is 72.4 Å². The van der Waals surface area contributed by atoms with Crippen LogP contribution in [0.15, 0.2) is 60.8 Å². The number of carbonyl (C=O) groups is 4. The minimum absolute atomic E-state index is 0.115. The molecule has 4 atom stereocenters. The molecular weight excluding hydrogens is 729 g/mol. The van der Waals surface area contributed by atoms with Crippen molar-refractivity contribution in [2.24, 2.45) is 0 Å². The zero-order valence-electron chi connectivity index (χ0n) is 32.8. The maximum atomic E-state index is 13.7. The van der Waals surface area contributed by atoms with Crippen molar-refractivity contribution >= 4 is 53.9 Å². The first-order valence-electron chi connectivity index (χ1n) is 19.3. The first-order chi connectivity index (χ1) is 26.9. The molecule has 4 heterocycles.